The Morgan fingerprint density at radius 3 is 2.81 bits per heavy atom. The molecule has 0 bridgehead atoms. The normalized spacial score (nSPS) is 16.3. The van der Waals surface area contributed by atoms with E-state index in [1.165, 1.54) is 0 Å². The Hall–Kier alpha value is -1.89. The first-order chi connectivity index (χ1) is 12.6. The minimum Gasteiger partial charge on any atom is -0.392 e. The summed E-state index contributed by atoms with van der Waals surface area (Å²) in [6.45, 7) is 4.76. The Kier molecular flexibility index (Phi) is 6.66. The average molecular weight is 377 g/mol. The van der Waals surface area contributed by atoms with Gasteiger partial charge in [0.2, 0.25) is 0 Å². The predicted octanol–water partition coefficient (Wildman–Crippen LogP) is 3.43. The Labute approximate surface area is 159 Å². The monoisotopic (exact) mass is 376 g/mol. The molecule has 2 aromatic rings. The van der Waals surface area contributed by atoms with Gasteiger partial charge in [0.05, 0.1) is 16.8 Å². The SMILES string of the molecule is C[C@H](O)CNc1cc(-c2cncc(NCC3CCOCC3)c2)c(Cl)cn1. The molecule has 26 heavy (non-hydrogen) atoms. The van der Waals surface area contributed by atoms with Crippen LogP contribution in [0, 0.1) is 5.92 Å². The van der Waals surface area contributed by atoms with E-state index in [0.717, 1.165) is 49.4 Å². The van der Waals surface area contributed by atoms with Crippen LogP contribution in [-0.2, 0) is 4.74 Å². The number of anilines is 2. The molecule has 1 atom stereocenters. The van der Waals surface area contributed by atoms with E-state index < -0.39 is 6.10 Å². The van der Waals surface area contributed by atoms with E-state index in [0.29, 0.717) is 23.3 Å². The third-order valence-electron chi connectivity index (χ3n) is 4.42. The fourth-order valence-electron chi connectivity index (χ4n) is 2.91. The van der Waals surface area contributed by atoms with Crippen molar-refractivity contribution >= 4 is 23.1 Å². The first-order valence-corrected chi connectivity index (χ1v) is 9.34. The fourth-order valence-corrected chi connectivity index (χ4v) is 3.12. The van der Waals surface area contributed by atoms with Crippen LogP contribution in [0.3, 0.4) is 0 Å². The van der Waals surface area contributed by atoms with Gasteiger partial charge in [0.1, 0.15) is 5.82 Å². The maximum atomic E-state index is 9.42. The molecule has 7 heteroatoms. The summed E-state index contributed by atoms with van der Waals surface area (Å²) >= 11 is 6.34. The Morgan fingerprint density at radius 2 is 2.04 bits per heavy atom. The minimum absolute atomic E-state index is 0.430. The smallest absolute Gasteiger partial charge is 0.126 e. The van der Waals surface area contributed by atoms with Crippen LogP contribution in [0.25, 0.3) is 11.1 Å². The van der Waals surface area contributed by atoms with Crippen LogP contribution in [0.5, 0.6) is 0 Å². The van der Waals surface area contributed by atoms with Gasteiger partial charge in [-0.2, -0.15) is 0 Å². The van der Waals surface area contributed by atoms with Crippen LogP contribution in [0.2, 0.25) is 5.02 Å². The first-order valence-electron chi connectivity index (χ1n) is 8.96. The Balaban J connectivity index is 1.71. The summed E-state index contributed by atoms with van der Waals surface area (Å²) in [7, 11) is 0. The van der Waals surface area contributed by atoms with Gasteiger partial charge in [-0.3, -0.25) is 4.98 Å². The number of nitrogens with one attached hydrogen (secondary N) is 2. The van der Waals surface area contributed by atoms with Gasteiger partial charge < -0.3 is 20.5 Å². The second-order valence-electron chi connectivity index (χ2n) is 6.68. The van der Waals surface area contributed by atoms with E-state index in [9.17, 15) is 5.11 Å². The molecular weight excluding hydrogens is 352 g/mol. The van der Waals surface area contributed by atoms with Crippen LogP contribution in [-0.4, -0.2) is 47.5 Å². The molecule has 0 unspecified atom stereocenters. The standard InChI is InChI=1S/C19H25ClN4O2/c1-13(25)8-23-19-7-17(18(20)12-24-19)15-6-16(11-21-10-15)22-9-14-2-4-26-5-3-14/h6-7,10-14,22,25H,2-5,8-9H2,1H3,(H,23,24)/t13-/m0/s1. The van der Waals surface area contributed by atoms with E-state index >= 15 is 0 Å². The van der Waals surface area contributed by atoms with Gasteiger partial charge in [-0.15, -0.1) is 0 Å². The van der Waals surface area contributed by atoms with Gasteiger partial charge in [-0.25, -0.2) is 4.98 Å². The van der Waals surface area contributed by atoms with Crippen LogP contribution >= 0.6 is 11.6 Å². The maximum absolute atomic E-state index is 9.42. The molecule has 3 heterocycles. The van der Waals surface area contributed by atoms with Crippen molar-refractivity contribution in [3.05, 3.63) is 35.7 Å². The van der Waals surface area contributed by atoms with Gasteiger partial charge in [0, 0.05) is 56.0 Å². The number of halogens is 1. The van der Waals surface area contributed by atoms with Crippen LogP contribution in [0.1, 0.15) is 19.8 Å². The van der Waals surface area contributed by atoms with Crippen molar-refractivity contribution in [2.75, 3.05) is 36.9 Å². The third kappa shape index (κ3) is 5.30. The highest BCUT2D eigenvalue weighted by atomic mass is 35.5. The predicted molar refractivity (Wildman–Crippen MR) is 105 cm³/mol. The molecule has 1 aliphatic rings. The van der Waals surface area contributed by atoms with Crippen LogP contribution in [0.4, 0.5) is 11.5 Å². The molecule has 1 saturated heterocycles. The molecule has 3 N–H and O–H groups in total. The molecule has 0 amide bonds. The van der Waals surface area contributed by atoms with Crippen molar-refractivity contribution in [1.82, 2.24) is 9.97 Å². The van der Waals surface area contributed by atoms with Gasteiger partial charge in [0.15, 0.2) is 0 Å². The summed E-state index contributed by atoms with van der Waals surface area (Å²) in [6.07, 6.45) is 6.96. The fraction of sp³-hybridized carbons (Fsp3) is 0.474. The lowest BCUT2D eigenvalue weighted by Crippen LogP contribution is -2.22. The zero-order valence-corrected chi connectivity index (χ0v) is 15.7. The molecule has 2 aromatic heterocycles. The number of pyridine rings is 2. The molecule has 0 aromatic carbocycles. The highest BCUT2D eigenvalue weighted by Crippen LogP contribution is 2.30. The Bertz CT molecular complexity index is 720. The summed E-state index contributed by atoms with van der Waals surface area (Å²) in [4.78, 5) is 8.60. The molecule has 6 nitrogen and oxygen atoms in total. The van der Waals surface area contributed by atoms with E-state index in [1.54, 1.807) is 19.3 Å². The summed E-state index contributed by atoms with van der Waals surface area (Å²) in [5, 5.41) is 16.6. The molecule has 0 saturated carbocycles. The number of rotatable bonds is 7. The van der Waals surface area contributed by atoms with E-state index in [2.05, 4.69) is 20.6 Å². The zero-order valence-electron chi connectivity index (χ0n) is 14.9. The van der Waals surface area contributed by atoms with Crippen molar-refractivity contribution in [3.63, 3.8) is 0 Å². The molecular formula is C19H25ClN4O2. The Morgan fingerprint density at radius 1 is 1.23 bits per heavy atom. The number of hydrogen-bond acceptors (Lipinski definition) is 6. The molecule has 1 aliphatic heterocycles. The molecule has 140 valence electrons. The van der Waals surface area contributed by atoms with Crippen molar-refractivity contribution in [2.24, 2.45) is 5.92 Å². The minimum atomic E-state index is -0.449. The summed E-state index contributed by atoms with van der Waals surface area (Å²) in [5.74, 6) is 1.30. The lowest BCUT2D eigenvalue weighted by atomic mass is 10.0. The highest BCUT2D eigenvalue weighted by molar-refractivity contribution is 6.33. The molecule has 1 fully saturated rings. The van der Waals surface area contributed by atoms with Gasteiger partial charge >= 0.3 is 0 Å². The summed E-state index contributed by atoms with van der Waals surface area (Å²) in [5.41, 5.74) is 2.76. The summed E-state index contributed by atoms with van der Waals surface area (Å²) < 4.78 is 5.41. The molecule has 0 aliphatic carbocycles. The second kappa shape index (κ2) is 9.16. The van der Waals surface area contributed by atoms with Crippen molar-refractivity contribution < 1.29 is 9.84 Å². The van der Waals surface area contributed by atoms with Crippen LogP contribution in [0.15, 0.2) is 30.7 Å². The summed E-state index contributed by atoms with van der Waals surface area (Å²) in [6, 6.07) is 3.93. The number of ether oxygens (including phenoxy) is 1. The van der Waals surface area contributed by atoms with Crippen molar-refractivity contribution in [2.45, 2.75) is 25.9 Å². The van der Waals surface area contributed by atoms with E-state index in [-0.39, 0.29) is 0 Å². The topological polar surface area (TPSA) is 79.3 Å². The van der Waals surface area contributed by atoms with Gasteiger partial charge in [-0.05, 0) is 37.8 Å². The van der Waals surface area contributed by atoms with E-state index in [4.69, 9.17) is 16.3 Å². The maximum Gasteiger partial charge on any atom is 0.126 e. The van der Waals surface area contributed by atoms with E-state index in [1.807, 2.05) is 18.3 Å². The number of hydrogen-bond donors (Lipinski definition) is 3. The number of aliphatic hydroxyl groups is 1. The quantitative estimate of drug-likeness (QED) is 0.687. The molecule has 0 spiro atoms. The number of aliphatic hydroxyl groups excluding tert-OH is 1. The average Bonchev–Trinajstić information content (AvgIpc) is 2.67. The number of nitrogens with zero attached hydrogens (tertiary/aromatic N) is 2. The third-order valence-corrected chi connectivity index (χ3v) is 4.72. The van der Waals surface area contributed by atoms with Crippen molar-refractivity contribution in [3.8, 4) is 11.1 Å². The molecule has 0 radical (unpaired) electrons. The number of aromatic nitrogens is 2. The zero-order chi connectivity index (χ0) is 18.4. The largest absolute Gasteiger partial charge is 0.392 e. The van der Waals surface area contributed by atoms with Crippen LogP contribution < -0.4 is 10.6 Å². The first kappa shape index (κ1) is 18.9. The van der Waals surface area contributed by atoms with Crippen molar-refractivity contribution in [1.29, 1.82) is 0 Å². The van der Waals surface area contributed by atoms with Gasteiger partial charge in [0.25, 0.3) is 0 Å². The van der Waals surface area contributed by atoms with Gasteiger partial charge in [-0.1, -0.05) is 11.6 Å². The molecule has 3 rings (SSSR count). The lowest BCUT2D eigenvalue weighted by molar-refractivity contribution is 0.0699. The second-order valence-corrected chi connectivity index (χ2v) is 7.09. The lowest BCUT2D eigenvalue weighted by Gasteiger charge is -2.22. The highest BCUT2D eigenvalue weighted by Gasteiger charge is 2.14.